The molecule has 2 aliphatic carbocycles. The van der Waals surface area contributed by atoms with Crippen molar-refractivity contribution in [3.8, 4) is 0 Å². The minimum absolute atomic E-state index is 1.23. The number of unbranched alkanes of at least 4 members (excludes halogenated alkanes) is 5. The molecule has 0 aromatic rings. The monoisotopic (exact) mass is 374 g/mol. The Morgan fingerprint density at radius 1 is 1.00 bits per heavy atom. The maximum absolute atomic E-state index is 2.59. The van der Waals surface area contributed by atoms with Crippen LogP contribution in [0.25, 0.3) is 0 Å². The van der Waals surface area contributed by atoms with Crippen molar-refractivity contribution in [2.24, 2.45) is 0 Å². The molecule has 0 saturated heterocycles. The Hall–Kier alpha value is -0.287. The first-order chi connectivity index (χ1) is 10.7. The van der Waals surface area contributed by atoms with E-state index in [4.69, 9.17) is 0 Å². The normalized spacial score (nSPS) is 16.6. The SMILES string of the molecule is CCCCCCCCC1=CC[C]([Zr]([C]2=CC=CC2)=[C](C)C)=C1. The van der Waals surface area contributed by atoms with Crippen molar-refractivity contribution < 1.29 is 21.3 Å². The van der Waals surface area contributed by atoms with Gasteiger partial charge < -0.3 is 0 Å². The first kappa shape index (κ1) is 18.1. The summed E-state index contributed by atoms with van der Waals surface area (Å²) in [5, 5.41) is 0. The first-order valence-electron chi connectivity index (χ1n) is 9.16. The summed E-state index contributed by atoms with van der Waals surface area (Å²) < 4.78 is 5.33. The second-order valence-corrected chi connectivity index (χ2v) is 14.3. The summed E-state index contributed by atoms with van der Waals surface area (Å²) >= 11 is -1.63. The van der Waals surface area contributed by atoms with Crippen molar-refractivity contribution >= 4 is 3.21 Å². The predicted molar refractivity (Wildman–Crippen MR) is 97.0 cm³/mol. The Labute approximate surface area is 145 Å². The van der Waals surface area contributed by atoms with E-state index in [0.717, 1.165) is 0 Å². The van der Waals surface area contributed by atoms with E-state index >= 15 is 0 Å². The van der Waals surface area contributed by atoms with Crippen molar-refractivity contribution in [1.82, 2.24) is 0 Å². The molecule has 0 aromatic carbocycles. The molecule has 1 heteroatoms. The fourth-order valence-corrected chi connectivity index (χ4v) is 10.7. The molecule has 0 aliphatic heterocycles. The third-order valence-electron chi connectivity index (χ3n) is 4.68. The van der Waals surface area contributed by atoms with Gasteiger partial charge in [0.25, 0.3) is 0 Å². The van der Waals surface area contributed by atoms with Gasteiger partial charge >= 0.3 is 146 Å². The van der Waals surface area contributed by atoms with Crippen LogP contribution >= 0.6 is 0 Å². The van der Waals surface area contributed by atoms with Crippen LogP contribution in [-0.2, 0) is 21.3 Å². The van der Waals surface area contributed by atoms with E-state index in [1.54, 1.807) is 12.1 Å². The average Bonchev–Trinajstić information content (AvgIpc) is 3.15. The van der Waals surface area contributed by atoms with Crippen LogP contribution in [0, 0.1) is 0 Å². The van der Waals surface area contributed by atoms with Gasteiger partial charge in [-0.1, -0.05) is 0 Å². The van der Waals surface area contributed by atoms with Crippen LogP contribution in [0.3, 0.4) is 0 Å². The Kier molecular flexibility index (Phi) is 8.01. The molecule has 0 N–H and O–H groups in total. The van der Waals surface area contributed by atoms with Crippen molar-refractivity contribution in [2.75, 3.05) is 0 Å². The van der Waals surface area contributed by atoms with Gasteiger partial charge in [0.05, 0.1) is 0 Å². The molecular weight excluding hydrogens is 343 g/mol. The minimum atomic E-state index is -1.63. The molecule has 22 heavy (non-hydrogen) atoms. The van der Waals surface area contributed by atoms with Crippen molar-refractivity contribution in [2.45, 2.75) is 78.6 Å². The molecular formula is C21H32Zr. The topological polar surface area (TPSA) is 0 Å². The van der Waals surface area contributed by atoms with Gasteiger partial charge in [-0.05, 0) is 0 Å². The third-order valence-corrected chi connectivity index (χ3v) is 12.1. The van der Waals surface area contributed by atoms with Gasteiger partial charge in [-0.15, -0.1) is 0 Å². The predicted octanol–water partition coefficient (Wildman–Crippen LogP) is 6.63. The molecule has 0 saturated carbocycles. The van der Waals surface area contributed by atoms with Gasteiger partial charge in [0, 0.05) is 0 Å². The fraction of sp³-hybridized carbons (Fsp3) is 0.571. The van der Waals surface area contributed by atoms with Crippen LogP contribution in [0.5, 0.6) is 0 Å². The van der Waals surface area contributed by atoms with E-state index in [0.29, 0.717) is 0 Å². The van der Waals surface area contributed by atoms with Crippen molar-refractivity contribution in [3.63, 3.8) is 0 Å². The summed E-state index contributed by atoms with van der Waals surface area (Å²) in [7, 11) is 0. The van der Waals surface area contributed by atoms with Gasteiger partial charge in [-0.2, -0.15) is 0 Å². The number of hydrogen-bond donors (Lipinski definition) is 0. The molecule has 0 bridgehead atoms. The molecule has 0 spiro atoms. The summed E-state index contributed by atoms with van der Waals surface area (Å²) in [6.07, 6.45) is 24.3. The number of hydrogen-bond acceptors (Lipinski definition) is 0. The molecule has 0 amide bonds. The third kappa shape index (κ3) is 5.41. The zero-order valence-corrected chi connectivity index (χ0v) is 17.2. The molecule has 0 heterocycles. The number of rotatable bonds is 9. The summed E-state index contributed by atoms with van der Waals surface area (Å²) in [5.41, 5.74) is 1.64. The van der Waals surface area contributed by atoms with Gasteiger partial charge in [-0.25, -0.2) is 0 Å². The van der Waals surface area contributed by atoms with Gasteiger partial charge in [0.1, 0.15) is 0 Å². The molecule has 0 nitrogen and oxygen atoms in total. The van der Waals surface area contributed by atoms with E-state index in [9.17, 15) is 0 Å². The Morgan fingerprint density at radius 2 is 1.77 bits per heavy atom. The quantitative estimate of drug-likeness (QED) is 0.397. The Morgan fingerprint density at radius 3 is 2.45 bits per heavy atom. The fourth-order valence-electron chi connectivity index (χ4n) is 3.52. The second kappa shape index (κ2) is 9.76. The molecule has 120 valence electrons. The van der Waals surface area contributed by atoms with E-state index < -0.39 is 21.3 Å². The molecule has 0 fully saturated rings. The summed E-state index contributed by atoms with van der Waals surface area (Å²) in [5.74, 6) is 0. The zero-order valence-electron chi connectivity index (χ0n) is 14.8. The van der Waals surface area contributed by atoms with E-state index in [1.807, 2.05) is 3.28 Å². The van der Waals surface area contributed by atoms with Crippen LogP contribution in [0.4, 0.5) is 0 Å². The molecule has 2 aliphatic rings. The maximum atomic E-state index is 2.59. The van der Waals surface area contributed by atoms with Crippen LogP contribution in [0.15, 0.2) is 42.5 Å². The molecule has 0 unspecified atom stereocenters. The Balaban J connectivity index is 1.83. The van der Waals surface area contributed by atoms with E-state index in [2.05, 4.69) is 51.2 Å². The Bertz CT molecular complexity index is 522. The summed E-state index contributed by atoms with van der Waals surface area (Å²) in [4.78, 5) is 0. The van der Waals surface area contributed by atoms with Gasteiger partial charge in [0.2, 0.25) is 0 Å². The van der Waals surface area contributed by atoms with Crippen LogP contribution in [0.2, 0.25) is 0 Å². The molecule has 0 aromatic heterocycles. The van der Waals surface area contributed by atoms with Crippen molar-refractivity contribution in [1.29, 1.82) is 0 Å². The molecule has 0 atom stereocenters. The van der Waals surface area contributed by atoms with Gasteiger partial charge in [-0.3, -0.25) is 0 Å². The first-order valence-corrected chi connectivity index (χ1v) is 12.8. The van der Waals surface area contributed by atoms with Crippen LogP contribution < -0.4 is 0 Å². The summed E-state index contributed by atoms with van der Waals surface area (Å²) in [6.45, 7) is 7.04. The number of allylic oxidation sites excluding steroid dienone is 8. The van der Waals surface area contributed by atoms with Crippen LogP contribution in [0.1, 0.15) is 78.6 Å². The second-order valence-electron chi connectivity index (χ2n) is 6.87. The van der Waals surface area contributed by atoms with Gasteiger partial charge in [0.15, 0.2) is 0 Å². The average molecular weight is 376 g/mol. The summed E-state index contributed by atoms with van der Waals surface area (Å²) in [6, 6.07) is 0. The standard InChI is InChI=1S/C13H21.C5H5.C3H6.Zr/c1-2-3-4-5-6-7-10-13-11-8-9-12-13;1-2-4-5-3-1;1-3-2;/h11-12H,2-8,10H2,1H3;1-3H,4H2;1-2H3;. The van der Waals surface area contributed by atoms with Crippen molar-refractivity contribution in [3.05, 3.63) is 42.5 Å². The van der Waals surface area contributed by atoms with Crippen LogP contribution in [-0.4, -0.2) is 3.21 Å². The molecule has 2 rings (SSSR count). The zero-order chi connectivity index (χ0) is 15.8. The van der Waals surface area contributed by atoms with E-state index in [-0.39, 0.29) is 0 Å². The molecule has 0 radical (unpaired) electrons. The van der Waals surface area contributed by atoms with E-state index in [1.165, 1.54) is 57.8 Å².